The highest BCUT2D eigenvalue weighted by Crippen LogP contribution is 1.92. The molecule has 0 bridgehead atoms. The standard InChI is InChI=1S/C9H13N3O3/c1-2-15-9(14)6-10-8(13)5-7-3-4-11-12-7/h3-4H,2,5-6H2,1H3,(H,10,13)(H,11,12). The van der Waals surface area contributed by atoms with E-state index in [9.17, 15) is 9.59 Å². The van der Waals surface area contributed by atoms with Gasteiger partial charge in [-0.1, -0.05) is 0 Å². The number of esters is 1. The van der Waals surface area contributed by atoms with Crippen LogP contribution in [0.4, 0.5) is 0 Å². The number of hydrogen-bond donors (Lipinski definition) is 2. The molecule has 0 atom stereocenters. The smallest absolute Gasteiger partial charge is 0.325 e. The summed E-state index contributed by atoms with van der Waals surface area (Å²) in [7, 11) is 0. The average molecular weight is 211 g/mol. The third-order valence-electron chi connectivity index (χ3n) is 1.64. The summed E-state index contributed by atoms with van der Waals surface area (Å²) in [6.45, 7) is 1.93. The minimum Gasteiger partial charge on any atom is -0.465 e. The number of aromatic amines is 1. The lowest BCUT2D eigenvalue weighted by molar-refractivity contribution is -0.143. The molecule has 1 aromatic heterocycles. The van der Waals surface area contributed by atoms with Gasteiger partial charge in [-0.05, 0) is 13.0 Å². The van der Waals surface area contributed by atoms with E-state index >= 15 is 0 Å². The second kappa shape index (κ2) is 5.79. The zero-order chi connectivity index (χ0) is 11.1. The third kappa shape index (κ3) is 4.26. The molecule has 0 aliphatic carbocycles. The van der Waals surface area contributed by atoms with Gasteiger partial charge in [0.1, 0.15) is 6.54 Å². The summed E-state index contributed by atoms with van der Waals surface area (Å²) in [6.07, 6.45) is 1.74. The van der Waals surface area contributed by atoms with Crippen LogP contribution >= 0.6 is 0 Å². The molecule has 6 heteroatoms. The fraction of sp³-hybridized carbons (Fsp3) is 0.444. The van der Waals surface area contributed by atoms with Gasteiger partial charge in [-0.2, -0.15) is 5.10 Å². The maximum absolute atomic E-state index is 11.3. The summed E-state index contributed by atoms with van der Waals surface area (Å²) in [5, 5.41) is 8.80. The van der Waals surface area contributed by atoms with Crippen molar-refractivity contribution in [3.8, 4) is 0 Å². The summed E-state index contributed by atoms with van der Waals surface area (Å²) >= 11 is 0. The normalized spacial score (nSPS) is 9.67. The number of hydrogen-bond acceptors (Lipinski definition) is 4. The monoisotopic (exact) mass is 211 g/mol. The summed E-state index contributed by atoms with van der Waals surface area (Å²) < 4.78 is 4.65. The molecule has 0 saturated heterocycles. The van der Waals surface area contributed by atoms with E-state index in [0.29, 0.717) is 12.3 Å². The Hall–Kier alpha value is -1.85. The fourth-order valence-corrected chi connectivity index (χ4v) is 1.00. The van der Waals surface area contributed by atoms with Gasteiger partial charge >= 0.3 is 5.97 Å². The van der Waals surface area contributed by atoms with E-state index in [2.05, 4.69) is 20.3 Å². The number of nitrogens with zero attached hydrogens (tertiary/aromatic N) is 1. The van der Waals surface area contributed by atoms with Crippen molar-refractivity contribution in [1.29, 1.82) is 0 Å². The van der Waals surface area contributed by atoms with Gasteiger partial charge in [0.25, 0.3) is 0 Å². The Morgan fingerprint density at radius 3 is 3.00 bits per heavy atom. The van der Waals surface area contributed by atoms with Gasteiger partial charge in [0.2, 0.25) is 5.91 Å². The van der Waals surface area contributed by atoms with Crippen molar-refractivity contribution in [2.24, 2.45) is 0 Å². The lowest BCUT2D eigenvalue weighted by Gasteiger charge is -2.03. The van der Waals surface area contributed by atoms with Crippen LogP contribution in [0.2, 0.25) is 0 Å². The molecular formula is C9H13N3O3. The van der Waals surface area contributed by atoms with Crippen LogP contribution in [-0.4, -0.2) is 35.2 Å². The number of rotatable bonds is 5. The molecule has 0 unspecified atom stereocenters. The molecule has 6 nitrogen and oxygen atoms in total. The van der Waals surface area contributed by atoms with Crippen molar-refractivity contribution in [3.05, 3.63) is 18.0 Å². The minimum atomic E-state index is -0.435. The summed E-state index contributed by atoms with van der Waals surface area (Å²) in [4.78, 5) is 22.1. The number of carbonyl (C=O) groups is 2. The Morgan fingerprint density at radius 1 is 1.60 bits per heavy atom. The number of carbonyl (C=O) groups excluding carboxylic acids is 2. The first kappa shape index (κ1) is 11.2. The minimum absolute atomic E-state index is 0.0964. The molecule has 0 aliphatic rings. The topological polar surface area (TPSA) is 84.1 Å². The Bertz CT molecular complexity index is 321. The van der Waals surface area contributed by atoms with Crippen LogP contribution in [0.5, 0.6) is 0 Å². The van der Waals surface area contributed by atoms with Crippen LogP contribution in [0.15, 0.2) is 12.3 Å². The molecule has 0 fully saturated rings. The van der Waals surface area contributed by atoms with E-state index in [-0.39, 0.29) is 18.9 Å². The largest absolute Gasteiger partial charge is 0.465 e. The van der Waals surface area contributed by atoms with Crippen molar-refractivity contribution in [2.45, 2.75) is 13.3 Å². The molecule has 2 N–H and O–H groups in total. The van der Waals surface area contributed by atoms with Gasteiger partial charge in [0.15, 0.2) is 0 Å². The molecule has 1 amide bonds. The molecule has 15 heavy (non-hydrogen) atoms. The van der Waals surface area contributed by atoms with Gasteiger partial charge < -0.3 is 10.1 Å². The van der Waals surface area contributed by atoms with Crippen LogP contribution in [-0.2, 0) is 20.7 Å². The Balaban J connectivity index is 2.22. The first-order valence-corrected chi connectivity index (χ1v) is 4.63. The van der Waals surface area contributed by atoms with E-state index in [0.717, 1.165) is 0 Å². The number of ether oxygens (including phenoxy) is 1. The molecule has 0 saturated carbocycles. The van der Waals surface area contributed by atoms with Gasteiger partial charge in [-0.15, -0.1) is 0 Å². The zero-order valence-electron chi connectivity index (χ0n) is 8.45. The second-order valence-corrected chi connectivity index (χ2v) is 2.84. The van der Waals surface area contributed by atoms with E-state index in [1.165, 1.54) is 0 Å². The second-order valence-electron chi connectivity index (χ2n) is 2.84. The van der Waals surface area contributed by atoms with Crippen molar-refractivity contribution in [2.75, 3.05) is 13.2 Å². The lowest BCUT2D eigenvalue weighted by atomic mass is 10.3. The fourth-order valence-electron chi connectivity index (χ4n) is 1.00. The maximum atomic E-state index is 11.3. The first-order valence-electron chi connectivity index (χ1n) is 4.63. The number of aromatic nitrogens is 2. The molecule has 1 aromatic rings. The SMILES string of the molecule is CCOC(=O)CNC(=O)Cc1ccn[nH]1. The van der Waals surface area contributed by atoms with Crippen molar-refractivity contribution < 1.29 is 14.3 Å². The average Bonchev–Trinajstić information content (AvgIpc) is 2.68. The molecule has 0 radical (unpaired) electrons. The van der Waals surface area contributed by atoms with Crippen LogP contribution < -0.4 is 5.32 Å². The highest BCUT2D eigenvalue weighted by molar-refractivity contribution is 5.83. The first-order chi connectivity index (χ1) is 7.22. The number of amides is 1. The predicted molar refractivity (Wildman–Crippen MR) is 51.9 cm³/mol. The number of H-pyrrole nitrogens is 1. The molecular weight excluding hydrogens is 198 g/mol. The molecule has 0 aromatic carbocycles. The van der Waals surface area contributed by atoms with Crippen LogP contribution in [0, 0.1) is 0 Å². The highest BCUT2D eigenvalue weighted by Gasteiger charge is 2.07. The quantitative estimate of drug-likeness (QED) is 0.651. The zero-order valence-corrected chi connectivity index (χ0v) is 8.45. The van der Waals surface area contributed by atoms with E-state index < -0.39 is 5.97 Å². The Morgan fingerprint density at radius 2 is 2.40 bits per heavy atom. The van der Waals surface area contributed by atoms with Crippen molar-refractivity contribution in [1.82, 2.24) is 15.5 Å². The highest BCUT2D eigenvalue weighted by atomic mass is 16.5. The molecule has 1 rings (SSSR count). The third-order valence-corrected chi connectivity index (χ3v) is 1.64. The molecule has 0 aliphatic heterocycles. The van der Waals surface area contributed by atoms with Crippen LogP contribution in [0.25, 0.3) is 0 Å². The van der Waals surface area contributed by atoms with Crippen molar-refractivity contribution >= 4 is 11.9 Å². The summed E-state index contributed by atoms with van der Waals surface area (Å²) in [5.74, 6) is -0.678. The molecule has 0 spiro atoms. The van der Waals surface area contributed by atoms with E-state index in [4.69, 9.17) is 0 Å². The van der Waals surface area contributed by atoms with E-state index in [1.54, 1.807) is 19.2 Å². The van der Waals surface area contributed by atoms with Gasteiger partial charge in [0, 0.05) is 11.9 Å². The Kier molecular flexibility index (Phi) is 4.33. The predicted octanol–water partition coefficient (Wildman–Crippen LogP) is -0.369. The Labute approximate surface area is 87.0 Å². The summed E-state index contributed by atoms with van der Waals surface area (Å²) in [5.41, 5.74) is 0.705. The number of nitrogens with one attached hydrogen (secondary N) is 2. The van der Waals surface area contributed by atoms with Gasteiger partial charge in [-0.3, -0.25) is 14.7 Å². The molecule has 82 valence electrons. The van der Waals surface area contributed by atoms with Gasteiger partial charge in [0.05, 0.1) is 13.0 Å². The summed E-state index contributed by atoms with van der Waals surface area (Å²) in [6, 6.07) is 1.70. The van der Waals surface area contributed by atoms with Gasteiger partial charge in [-0.25, -0.2) is 0 Å². The van der Waals surface area contributed by atoms with Crippen LogP contribution in [0.1, 0.15) is 12.6 Å². The van der Waals surface area contributed by atoms with Crippen LogP contribution in [0.3, 0.4) is 0 Å². The van der Waals surface area contributed by atoms with Crippen molar-refractivity contribution in [3.63, 3.8) is 0 Å². The van der Waals surface area contributed by atoms with E-state index in [1.807, 2.05) is 0 Å². The molecule has 1 heterocycles. The maximum Gasteiger partial charge on any atom is 0.325 e. The lowest BCUT2D eigenvalue weighted by Crippen LogP contribution is -2.31.